The number of nitrogens with zero attached hydrogens (tertiary/aromatic N) is 2. The van der Waals surface area contributed by atoms with Crippen molar-refractivity contribution in [2.24, 2.45) is 0 Å². The molecule has 5 nitrogen and oxygen atoms in total. The molecule has 0 radical (unpaired) electrons. The molecule has 1 aromatic heterocycles. The number of aliphatic hydroxyl groups excluding tert-OH is 1. The molecule has 0 saturated heterocycles. The average molecular weight is 301 g/mol. The lowest BCUT2D eigenvalue weighted by Crippen LogP contribution is -2.33. The van der Waals surface area contributed by atoms with Crippen LogP contribution in [-0.4, -0.2) is 33.4 Å². The Morgan fingerprint density at radius 2 is 2.00 bits per heavy atom. The van der Waals surface area contributed by atoms with E-state index in [1.807, 2.05) is 55.8 Å². The third-order valence-corrected chi connectivity index (χ3v) is 3.59. The normalized spacial score (nSPS) is 12.2. The Kier molecular flexibility index (Phi) is 5.33. The van der Waals surface area contributed by atoms with Crippen LogP contribution in [0.5, 0.6) is 0 Å². The summed E-state index contributed by atoms with van der Waals surface area (Å²) in [7, 11) is 0. The van der Waals surface area contributed by atoms with Gasteiger partial charge >= 0.3 is 0 Å². The molecule has 0 aliphatic carbocycles. The summed E-state index contributed by atoms with van der Waals surface area (Å²) in [5, 5.41) is 16.2. The first kappa shape index (κ1) is 16.2. The fraction of sp³-hybridized carbons (Fsp3) is 0.412. The Hall–Kier alpha value is -2.14. The van der Waals surface area contributed by atoms with Crippen LogP contribution in [0.25, 0.3) is 0 Å². The molecule has 2 N–H and O–H groups in total. The minimum absolute atomic E-state index is 0.0353. The van der Waals surface area contributed by atoms with Crippen LogP contribution in [0.15, 0.2) is 30.3 Å². The van der Waals surface area contributed by atoms with E-state index in [4.69, 9.17) is 5.11 Å². The minimum atomic E-state index is -0.112. The molecule has 1 amide bonds. The summed E-state index contributed by atoms with van der Waals surface area (Å²) in [5.41, 5.74) is 3.86. The van der Waals surface area contributed by atoms with E-state index in [9.17, 15) is 4.79 Å². The second-order valence-corrected chi connectivity index (χ2v) is 5.67. The Labute approximate surface area is 131 Å². The standard InChI is InChI=1S/C17H23N3O2/c1-12(8-9-21)18-17(22)16-6-4-15(5-7-16)11-20-14(3)10-13(2)19-20/h4-7,10,12,21H,8-9,11H2,1-3H3,(H,18,22). The van der Waals surface area contributed by atoms with Crippen molar-refractivity contribution in [2.45, 2.75) is 39.8 Å². The molecule has 2 rings (SSSR count). The van der Waals surface area contributed by atoms with Crippen LogP contribution in [0.1, 0.15) is 40.7 Å². The first-order valence-corrected chi connectivity index (χ1v) is 7.51. The van der Waals surface area contributed by atoms with Crippen molar-refractivity contribution in [3.63, 3.8) is 0 Å². The molecule has 0 bridgehead atoms. The number of carbonyl (C=O) groups is 1. The highest BCUT2D eigenvalue weighted by Gasteiger charge is 2.09. The monoisotopic (exact) mass is 301 g/mol. The summed E-state index contributed by atoms with van der Waals surface area (Å²) in [6, 6.07) is 9.55. The first-order valence-electron chi connectivity index (χ1n) is 7.51. The van der Waals surface area contributed by atoms with E-state index in [-0.39, 0.29) is 18.6 Å². The van der Waals surface area contributed by atoms with Crippen LogP contribution >= 0.6 is 0 Å². The second kappa shape index (κ2) is 7.22. The third kappa shape index (κ3) is 4.18. The molecule has 0 fully saturated rings. The quantitative estimate of drug-likeness (QED) is 0.858. The van der Waals surface area contributed by atoms with Crippen LogP contribution < -0.4 is 5.32 Å². The molecule has 1 atom stereocenters. The zero-order valence-corrected chi connectivity index (χ0v) is 13.3. The zero-order valence-electron chi connectivity index (χ0n) is 13.3. The molecule has 2 aromatic rings. The SMILES string of the molecule is Cc1cc(C)n(Cc2ccc(C(=O)NC(C)CCO)cc2)n1. The van der Waals surface area contributed by atoms with Gasteiger partial charge in [0, 0.05) is 23.9 Å². The Morgan fingerprint density at radius 3 is 2.55 bits per heavy atom. The summed E-state index contributed by atoms with van der Waals surface area (Å²) in [4.78, 5) is 12.0. The number of hydrogen-bond donors (Lipinski definition) is 2. The zero-order chi connectivity index (χ0) is 16.1. The Morgan fingerprint density at radius 1 is 1.32 bits per heavy atom. The number of benzene rings is 1. The summed E-state index contributed by atoms with van der Waals surface area (Å²) in [5.74, 6) is -0.112. The number of aryl methyl sites for hydroxylation is 2. The maximum atomic E-state index is 12.0. The summed E-state index contributed by atoms with van der Waals surface area (Å²) in [6.07, 6.45) is 0.557. The van der Waals surface area contributed by atoms with Crippen molar-refractivity contribution in [1.82, 2.24) is 15.1 Å². The highest BCUT2D eigenvalue weighted by Crippen LogP contribution is 2.09. The van der Waals surface area contributed by atoms with Gasteiger partial charge in [0.1, 0.15) is 0 Å². The van der Waals surface area contributed by atoms with Crippen molar-refractivity contribution in [3.8, 4) is 0 Å². The molecule has 1 unspecified atom stereocenters. The lowest BCUT2D eigenvalue weighted by atomic mass is 10.1. The Bertz CT molecular complexity index is 632. The predicted molar refractivity (Wildman–Crippen MR) is 85.9 cm³/mol. The van der Waals surface area contributed by atoms with Crippen LogP contribution in [0.3, 0.4) is 0 Å². The topological polar surface area (TPSA) is 67.2 Å². The number of aliphatic hydroxyl groups is 1. The lowest BCUT2D eigenvalue weighted by molar-refractivity contribution is 0.0934. The number of hydrogen-bond acceptors (Lipinski definition) is 3. The highest BCUT2D eigenvalue weighted by atomic mass is 16.3. The maximum Gasteiger partial charge on any atom is 0.251 e. The molecule has 1 heterocycles. The summed E-state index contributed by atoms with van der Waals surface area (Å²) < 4.78 is 1.95. The van der Waals surface area contributed by atoms with Gasteiger partial charge in [-0.1, -0.05) is 12.1 Å². The van der Waals surface area contributed by atoms with Crippen molar-refractivity contribution >= 4 is 5.91 Å². The molecular formula is C17H23N3O2. The van der Waals surface area contributed by atoms with Crippen molar-refractivity contribution in [3.05, 3.63) is 52.8 Å². The molecular weight excluding hydrogens is 278 g/mol. The molecule has 1 aromatic carbocycles. The molecule has 5 heteroatoms. The molecule has 0 saturated carbocycles. The van der Waals surface area contributed by atoms with Crippen LogP contribution in [0.2, 0.25) is 0 Å². The van der Waals surface area contributed by atoms with Gasteiger partial charge < -0.3 is 10.4 Å². The first-order chi connectivity index (χ1) is 10.5. The van der Waals surface area contributed by atoms with E-state index in [0.29, 0.717) is 18.5 Å². The smallest absolute Gasteiger partial charge is 0.251 e. The number of amides is 1. The van der Waals surface area contributed by atoms with E-state index < -0.39 is 0 Å². The lowest BCUT2D eigenvalue weighted by Gasteiger charge is -2.12. The number of rotatable bonds is 6. The van der Waals surface area contributed by atoms with Gasteiger partial charge in [0.25, 0.3) is 5.91 Å². The van der Waals surface area contributed by atoms with Gasteiger partial charge in [-0.25, -0.2) is 0 Å². The minimum Gasteiger partial charge on any atom is -0.396 e. The van der Waals surface area contributed by atoms with Crippen molar-refractivity contribution in [2.75, 3.05) is 6.61 Å². The summed E-state index contributed by atoms with van der Waals surface area (Å²) >= 11 is 0. The van der Waals surface area contributed by atoms with Gasteiger partial charge in [-0.05, 0) is 51.0 Å². The van der Waals surface area contributed by atoms with E-state index in [2.05, 4.69) is 10.4 Å². The highest BCUT2D eigenvalue weighted by molar-refractivity contribution is 5.94. The van der Waals surface area contributed by atoms with E-state index in [0.717, 1.165) is 17.0 Å². The van der Waals surface area contributed by atoms with Gasteiger partial charge in [-0.3, -0.25) is 9.48 Å². The fourth-order valence-corrected chi connectivity index (χ4v) is 2.34. The van der Waals surface area contributed by atoms with E-state index in [1.54, 1.807) is 0 Å². The molecule has 0 aliphatic rings. The summed E-state index contributed by atoms with van der Waals surface area (Å²) in [6.45, 7) is 6.66. The van der Waals surface area contributed by atoms with E-state index >= 15 is 0 Å². The largest absolute Gasteiger partial charge is 0.396 e. The van der Waals surface area contributed by atoms with Gasteiger partial charge in [0.2, 0.25) is 0 Å². The number of aromatic nitrogens is 2. The predicted octanol–water partition coefficient (Wildman–Crippen LogP) is 2.05. The van der Waals surface area contributed by atoms with Gasteiger partial charge in [-0.2, -0.15) is 5.10 Å². The van der Waals surface area contributed by atoms with Crippen LogP contribution in [0.4, 0.5) is 0 Å². The molecule has 118 valence electrons. The average Bonchev–Trinajstić information content (AvgIpc) is 2.77. The molecule has 22 heavy (non-hydrogen) atoms. The molecule has 0 spiro atoms. The number of nitrogens with one attached hydrogen (secondary N) is 1. The molecule has 0 aliphatic heterocycles. The maximum absolute atomic E-state index is 12.0. The third-order valence-electron chi connectivity index (χ3n) is 3.59. The van der Waals surface area contributed by atoms with Crippen LogP contribution in [0, 0.1) is 13.8 Å². The van der Waals surface area contributed by atoms with Gasteiger partial charge in [0.05, 0.1) is 12.2 Å². The van der Waals surface area contributed by atoms with E-state index in [1.165, 1.54) is 0 Å². The second-order valence-electron chi connectivity index (χ2n) is 5.67. The van der Waals surface area contributed by atoms with Crippen molar-refractivity contribution in [1.29, 1.82) is 0 Å². The fourth-order valence-electron chi connectivity index (χ4n) is 2.34. The van der Waals surface area contributed by atoms with Gasteiger partial charge in [-0.15, -0.1) is 0 Å². The number of carbonyl (C=O) groups excluding carboxylic acids is 1. The van der Waals surface area contributed by atoms with Crippen LogP contribution in [-0.2, 0) is 6.54 Å². The Balaban J connectivity index is 2.01. The van der Waals surface area contributed by atoms with Gasteiger partial charge in [0.15, 0.2) is 0 Å². The van der Waals surface area contributed by atoms with Crippen molar-refractivity contribution < 1.29 is 9.90 Å².